The Kier molecular flexibility index (Phi) is 2.70. The van der Waals surface area contributed by atoms with E-state index in [1.165, 1.54) is 0 Å². The minimum Gasteiger partial charge on any atom is -0.334 e. The summed E-state index contributed by atoms with van der Waals surface area (Å²) in [6, 6.07) is 5.98. The average molecular weight is 354 g/mol. The highest BCUT2D eigenvalue weighted by Crippen LogP contribution is 2.19. The number of hydrogen-bond donors (Lipinski definition) is 3. The highest BCUT2D eigenvalue weighted by molar-refractivity contribution is 5.81. The van der Waals surface area contributed by atoms with Crippen LogP contribution in [0.5, 0.6) is 0 Å². The highest BCUT2D eigenvalue weighted by Gasteiger charge is 2.14. The quantitative estimate of drug-likeness (QED) is 0.412. The molecular weight excluding hydrogens is 342 g/mol. The molecule has 0 bridgehead atoms. The van der Waals surface area contributed by atoms with Crippen LogP contribution in [0.1, 0.15) is 0 Å². The van der Waals surface area contributed by atoms with Gasteiger partial charge in [0.05, 0.1) is 24.1 Å². The van der Waals surface area contributed by atoms with Crippen LogP contribution in [-0.2, 0) is 0 Å². The minimum atomic E-state index is 0.654. The first kappa shape index (κ1) is 14.1. The smallest absolute Gasteiger partial charge is 0.285 e. The molecule has 0 radical (unpaired) electrons. The molecule has 0 aliphatic heterocycles. The van der Waals surface area contributed by atoms with Crippen molar-refractivity contribution in [3.05, 3.63) is 55.4 Å². The van der Waals surface area contributed by atoms with E-state index in [2.05, 4.69) is 46.2 Å². The van der Waals surface area contributed by atoms with Gasteiger partial charge in [-0.3, -0.25) is 10.1 Å². The van der Waals surface area contributed by atoms with E-state index in [1.807, 2.05) is 35.3 Å². The molecule has 0 saturated carbocycles. The molecule has 3 N–H and O–H groups in total. The molecule has 9 heteroatoms. The van der Waals surface area contributed by atoms with Gasteiger partial charge < -0.3 is 4.98 Å². The lowest BCUT2D eigenvalue weighted by Crippen LogP contribution is -2.29. The number of fused-ring (bicyclic) bond motifs is 3. The zero-order valence-corrected chi connectivity index (χ0v) is 13.9. The maximum Gasteiger partial charge on any atom is 0.285 e. The Morgan fingerprint density at radius 2 is 1.93 bits per heavy atom. The normalized spacial score (nSPS) is 11.7. The molecule has 0 amide bonds. The van der Waals surface area contributed by atoms with Crippen molar-refractivity contribution in [1.29, 1.82) is 0 Å². The van der Waals surface area contributed by atoms with Crippen molar-refractivity contribution >= 4 is 33.1 Å². The van der Waals surface area contributed by atoms with E-state index < -0.39 is 0 Å². The van der Waals surface area contributed by atoms with Crippen LogP contribution in [0.4, 0.5) is 0 Å². The van der Waals surface area contributed by atoms with Crippen LogP contribution in [-0.4, -0.2) is 40.1 Å². The second-order valence-corrected chi connectivity index (χ2v) is 6.21. The van der Waals surface area contributed by atoms with Crippen LogP contribution in [0.25, 0.3) is 50.4 Å². The van der Waals surface area contributed by atoms with Gasteiger partial charge in [-0.25, -0.2) is 24.5 Å². The fourth-order valence-corrected chi connectivity index (χ4v) is 3.17. The molecule has 128 valence electrons. The number of rotatable bonds is 2. The number of H-pyrrole nitrogens is 3. The molecule has 0 aliphatic rings. The maximum atomic E-state index is 4.63. The van der Waals surface area contributed by atoms with Gasteiger partial charge in [-0.1, -0.05) is 0 Å². The van der Waals surface area contributed by atoms with Gasteiger partial charge in [0.15, 0.2) is 11.5 Å². The van der Waals surface area contributed by atoms with Gasteiger partial charge in [-0.2, -0.15) is 5.10 Å². The first-order valence-corrected chi connectivity index (χ1v) is 8.34. The van der Waals surface area contributed by atoms with Gasteiger partial charge in [0.25, 0.3) is 5.82 Å². The van der Waals surface area contributed by atoms with Crippen molar-refractivity contribution < 1.29 is 4.57 Å². The van der Waals surface area contributed by atoms with Crippen LogP contribution in [0.3, 0.4) is 0 Å². The van der Waals surface area contributed by atoms with Crippen molar-refractivity contribution in [2.75, 3.05) is 0 Å². The molecule has 27 heavy (non-hydrogen) atoms. The molecule has 6 aromatic rings. The number of imidazole rings is 1. The molecule has 6 heterocycles. The average Bonchev–Trinajstić information content (AvgIpc) is 3.42. The summed E-state index contributed by atoms with van der Waals surface area (Å²) in [4.78, 5) is 24.4. The summed E-state index contributed by atoms with van der Waals surface area (Å²) in [5, 5.41) is 7.81. The summed E-state index contributed by atoms with van der Waals surface area (Å²) in [6.45, 7) is 0. The van der Waals surface area contributed by atoms with E-state index in [-0.39, 0.29) is 0 Å². The van der Waals surface area contributed by atoms with E-state index in [1.54, 1.807) is 18.6 Å². The summed E-state index contributed by atoms with van der Waals surface area (Å²) in [6.07, 6.45) is 10.9. The number of nitrogens with zero attached hydrogens (tertiary/aromatic N) is 6. The van der Waals surface area contributed by atoms with Gasteiger partial charge in [-0.15, -0.1) is 0 Å². The number of hydrogen-bond acceptors (Lipinski definition) is 5. The molecule has 0 spiro atoms. The van der Waals surface area contributed by atoms with Crippen LogP contribution >= 0.6 is 0 Å². The molecule has 0 fully saturated rings. The fourth-order valence-electron chi connectivity index (χ4n) is 3.17. The summed E-state index contributed by atoms with van der Waals surface area (Å²) in [5.41, 5.74) is 4.83. The van der Waals surface area contributed by atoms with Crippen molar-refractivity contribution in [2.45, 2.75) is 0 Å². The Morgan fingerprint density at radius 3 is 2.89 bits per heavy atom. The molecule has 0 unspecified atom stereocenters. The first-order valence-electron chi connectivity index (χ1n) is 8.34. The van der Waals surface area contributed by atoms with Gasteiger partial charge >= 0.3 is 0 Å². The van der Waals surface area contributed by atoms with E-state index in [9.17, 15) is 0 Å². The van der Waals surface area contributed by atoms with Crippen molar-refractivity contribution in [3.63, 3.8) is 0 Å². The number of aromatic amines is 3. The van der Waals surface area contributed by atoms with Crippen molar-refractivity contribution in [2.24, 2.45) is 0 Å². The van der Waals surface area contributed by atoms with Crippen molar-refractivity contribution in [3.8, 4) is 17.3 Å². The lowest BCUT2D eigenvalue weighted by atomic mass is 10.3. The number of pyridine rings is 2. The lowest BCUT2D eigenvalue weighted by molar-refractivity contribution is -0.597. The summed E-state index contributed by atoms with van der Waals surface area (Å²) in [7, 11) is 0. The molecule has 0 aromatic carbocycles. The number of aromatic nitrogens is 9. The van der Waals surface area contributed by atoms with Gasteiger partial charge in [-0.05, 0) is 0 Å². The lowest BCUT2D eigenvalue weighted by Gasteiger charge is -1.94. The van der Waals surface area contributed by atoms with E-state index >= 15 is 0 Å². The maximum absolute atomic E-state index is 4.63. The van der Waals surface area contributed by atoms with Gasteiger partial charge in [0.2, 0.25) is 0 Å². The van der Waals surface area contributed by atoms with Crippen LogP contribution in [0.15, 0.2) is 55.4 Å². The second-order valence-electron chi connectivity index (χ2n) is 6.21. The third-order valence-electron chi connectivity index (χ3n) is 4.51. The Hall–Kier alpha value is -4.14. The van der Waals surface area contributed by atoms with Crippen molar-refractivity contribution in [1.82, 2.24) is 40.1 Å². The second kappa shape index (κ2) is 5.18. The van der Waals surface area contributed by atoms with Crippen LogP contribution in [0.2, 0.25) is 0 Å². The molecule has 0 atom stereocenters. The topological polar surface area (TPSA) is 116 Å². The van der Waals surface area contributed by atoms with Gasteiger partial charge in [0.1, 0.15) is 28.4 Å². The molecule has 6 rings (SSSR count). The third kappa shape index (κ3) is 2.18. The molecule has 0 aliphatic carbocycles. The molecular formula is C18H12N9+. The minimum absolute atomic E-state index is 0.654. The Morgan fingerprint density at radius 1 is 0.926 bits per heavy atom. The summed E-state index contributed by atoms with van der Waals surface area (Å²) < 4.78 is 2.01. The highest BCUT2D eigenvalue weighted by atomic mass is 15.2. The zero-order chi connectivity index (χ0) is 17.8. The van der Waals surface area contributed by atoms with E-state index in [0.717, 1.165) is 27.8 Å². The summed E-state index contributed by atoms with van der Waals surface area (Å²) in [5.74, 6) is 1.62. The predicted molar refractivity (Wildman–Crippen MR) is 98.0 cm³/mol. The Labute approximate surface area is 151 Å². The van der Waals surface area contributed by atoms with E-state index in [4.69, 9.17) is 0 Å². The van der Waals surface area contributed by atoms with Crippen LogP contribution in [0, 0.1) is 0 Å². The predicted octanol–water partition coefficient (Wildman–Crippen LogP) is 2.05. The molecule has 9 nitrogen and oxygen atoms in total. The third-order valence-corrected chi connectivity index (χ3v) is 4.51. The van der Waals surface area contributed by atoms with Crippen LogP contribution < -0.4 is 4.57 Å². The van der Waals surface area contributed by atoms with Gasteiger partial charge in [0, 0.05) is 36.0 Å². The SMILES string of the molecule is c1cc2[nH]c(-[n+]3ccc4nc(-c5cnc6[nH]ncc6n5)[nH]c4c3)cc2cn1. The summed E-state index contributed by atoms with van der Waals surface area (Å²) >= 11 is 0. The number of nitrogens with one attached hydrogen (secondary N) is 3. The monoisotopic (exact) mass is 354 g/mol. The zero-order valence-electron chi connectivity index (χ0n) is 13.9. The Balaban J connectivity index is 1.46. The first-order chi connectivity index (χ1) is 13.3. The fraction of sp³-hybridized carbons (Fsp3) is 0. The standard InChI is InChI=1S/C18H11N9/c1-3-19-6-10-5-16(23-11(1)10)27-4-2-12-15(9-27)25-18(24-12)13-7-20-17-14(22-13)8-21-26-17/h1-9H,(H2,19,20,21,22,23,25,26)/p+1. The van der Waals surface area contributed by atoms with E-state index in [0.29, 0.717) is 22.7 Å². The molecule has 0 saturated heterocycles. The largest absolute Gasteiger partial charge is 0.334 e. The molecule has 6 aromatic heterocycles. The Bertz CT molecular complexity index is 1410.